The molecule has 0 aliphatic heterocycles. The summed E-state index contributed by atoms with van der Waals surface area (Å²) in [5.74, 6) is 1.50. The summed E-state index contributed by atoms with van der Waals surface area (Å²) in [6, 6.07) is 7.41. The highest BCUT2D eigenvalue weighted by Gasteiger charge is 2.14. The van der Waals surface area contributed by atoms with Gasteiger partial charge in [-0.2, -0.15) is 0 Å². The molecule has 0 saturated heterocycles. The fourth-order valence-electron chi connectivity index (χ4n) is 2.68. The number of nitrogens with one attached hydrogen (secondary N) is 1. The maximum absolute atomic E-state index is 9.76. The van der Waals surface area contributed by atoms with E-state index >= 15 is 0 Å². The van der Waals surface area contributed by atoms with E-state index in [1.54, 1.807) is 0 Å². The molecule has 24 heavy (non-hydrogen) atoms. The Morgan fingerprint density at radius 3 is 2.42 bits per heavy atom. The van der Waals surface area contributed by atoms with E-state index in [2.05, 4.69) is 5.32 Å². The topological polar surface area (TPSA) is 86.0 Å². The highest BCUT2D eigenvalue weighted by atomic mass is 16.5. The molecule has 1 saturated carbocycles. The van der Waals surface area contributed by atoms with Crippen LogP contribution in [-0.2, 0) is 4.74 Å². The van der Waals surface area contributed by atoms with Gasteiger partial charge in [-0.3, -0.25) is 0 Å². The molecule has 1 unspecified atom stereocenters. The zero-order valence-electron chi connectivity index (χ0n) is 14.3. The summed E-state index contributed by atoms with van der Waals surface area (Å²) in [4.78, 5) is 0. The molecule has 1 aromatic carbocycles. The molecule has 4 N–H and O–H groups in total. The first-order valence-corrected chi connectivity index (χ1v) is 8.84. The van der Waals surface area contributed by atoms with Gasteiger partial charge in [0.15, 0.2) is 0 Å². The standard InChI is InChI=1S/C18H30N2O4/c19-9-10-20-13-15(21)14-24-18-7-5-17(6-8-18)23-12-11-22-16-3-1-2-4-16/h5-8,15-16,20-21H,1-4,9-14,19H2. The maximum atomic E-state index is 9.76. The maximum Gasteiger partial charge on any atom is 0.119 e. The second kappa shape index (κ2) is 11.3. The Kier molecular flexibility index (Phi) is 8.91. The van der Waals surface area contributed by atoms with Gasteiger partial charge in [0, 0.05) is 19.6 Å². The number of hydrogen-bond acceptors (Lipinski definition) is 6. The average molecular weight is 338 g/mol. The molecular formula is C18H30N2O4. The van der Waals surface area contributed by atoms with Gasteiger partial charge in [0.25, 0.3) is 0 Å². The van der Waals surface area contributed by atoms with Gasteiger partial charge >= 0.3 is 0 Å². The number of aliphatic hydroxyl groups is 1. The minimum atomic E-state index is -0.555. The Bertz CT molecular complexity index is 435. The lowest BCUT2D eigenvalue weighted by Crippen LogP contribution is -2.34. The Balaban J connectivity index is 1.57. The average Bonchev–Trinajstić information content (AvgIpc) is 3.12. The van der Waals surface area contributed by atoms with Gasteiger partial charge in [0.05, 0.1) is 12.7 Å². The van der Waals surface area contributed by atoms with Crippen molar-refractivity contribution >= 4 is 0 Å². The van der Waals surface area contributed by atoms with E-state index in [-0.39, 0.29) is 6.61 Å². The van der Waals surface area contributed by atoms with E-state index in [0.29, 0.717) is 44.7 Å². The Morgan fingerprint density at radius 1 is 1.08 bits per heavy atom. The highest BCUT2D eigenvalue weighted by Crippen LogP contribution is 2.21. The summed E-state index contributed by atoms with van der Waals surface area (Å²) in [7, 11) is 0. The van der Waals surface area contributed by atoms with Crippen molar-refractivity contribution in [3.63, 3.8) is 0 Å². The Morgan fingerprint density at radius 2 is 1.75 bits per heavy atom. The van der Waals surface area contributed by atoms with Crippen molar-refractivity contribution in [3.05, 3.63) is 24.3 Å². The van der Waals surface area contributed by atoms with Crippen molar-refractivity contribution in [2.24, 2.45) is 5.73 Å². The van der Waals surface area contributed by atoms with Crippen molar-refractivity contribution < 1.29 is 19.3 Å². The fourth-order valence-corrected chi connectivity index (χ4v) is 2.68. The second-order valence-corrected chi connectivity index (χ2v) is 6.05. The lowest BCUT2D eigenvalue weighted by molar-refractivity contribution is 0.0382. The first kappa shape index (κ1) is 19.0. The summed E-state index contributed by atoms with van der Waals surface area (Å²) in [6.07, 6.45) is 4.80. The summed E-state index contributed by atoms with van der Waals surface area (Å²) < 4.78 is 17.0. The van der Waals surface area contributed by atoms with Crippen LogP contribution < -0.4 is 20.5 Å². The summed E-state index contributed by atoms with van der Waals surface area (Å²) in [5.41, 5.74) is 5.37. The molecule has 1 atom stereocenters. The summed E-state index contributed by atoms with van der Waals surface area (Å²) >= 11 is 0. The van der Waals surface area contributed by atoms with Crippen molar-refractivity contribution in [1.29, 1.82) is 0 Å². The minimum absolute atomic E-state index is 0.243. The van der Waals surface area contributed by atoms with Crippen molar-refractivity contribution in [2.45, 2.75) is 37.9 Å². The zero-order valence-corrected chi connectivity index (χ0v) is 14.3. The molecule has 136 valence electrons. The molecule has 1 fully saturated rings. The highest BCUT2D eigenvalue weighted by molar-refractivity contribution is 5.31. The van der Waals surface area contributed by atoms with E-state index in [0.717, 1.165) is 5.75 Å². The third-order valence-corrected chi connectivity index (χ3v) is 3.98. The molecule has 0 aromatic heterocycles. The third kappa shape index (κ3) is 7.49. The molecule has 0 heterocycles. The lowest BCUT2D eigenvalue weighted by atomic mass is 10.3. The molecule has 0 spiro atoms. The predicted octanol–water partition coefficient (Wildman–Crippen LogP) is 1.31. The van der Waals surface area contributed by atoms with Gasteiger partial charge in [-0.05, 0) is 37.1 Å². The van der Waals surface area contributed by atoms with Crippen molar-refractivity contribution in [3.8, 4) is 11.5 Å². The smallest absolute Gasteiger partial charge is 0.119 e. The van der Waals surface area contributed by atoms with Gasteiger partial charge in [-0.1, -0.05) is 12.8 Å². The number of nitrogens with two attached hydrogens (primary N) is 1. The van der Waals surface area contributed by atoms with Gasteiger partial charge in [-0.15, -0.1) is 0 Å². The Hall–Kier alpha value is -1.34. The van der Waals surface area contributed by atoms with Crippen LogP contribution >= 0.6 is 0 Å². The molecule has 0 radical (unpaired) electrons. The van der Waals surface area contributed by atoms with Crippen LogP contribution in [0.25, 0.3) is 0 Å². The second-order valence-electron chi connectivity index (χ2n) is 6.05. The predicted molar refractivity (Wildman–Crippen MR) is 93.6 cm³/mol. The van der Waals surface area contributed by atoms with Gasteiger partial charge < -0.3 is 30.4 Å². The molecule has 2 rings (SSSR count). The lowest BCUT2D eigenvalue weighted by Gasteiger charge is -2.14. The number of hydrogen-bond donors (Lipinski definition) is 3. The van der Waals surface area contributed by atoms with E-state index < -0.39 is 6.10 Å². The number of rotatable bonds is 12. The van der Waals surface area contributed by atoms with Gasteiger partial charge in [0.1, 0.15) is 30.8 Å². The van der Waals surface area contributed by atoms with Crippen LogP contribution in [-0.4, -0.2) is 56.8 Å². The fraction of sp³-hybridized carbons (Fsp3) is 0.667. The van der Waals surface area contributed by atoms with E-state index in [1.165, 1.54) is 25.7 Å². The third-order valence-electron chi connectivity index (χ3n) is 3.98. The van der Waals surface area contributed by atoms with E-state index in [1.807, 2.05) is 24.3 Å². The van der Waals surface area contributed by atoms with Crippen LogP contribution in [0.4, 0.5) is 0 Å². The molecule has 1 aliphatic rings. The molecule has 0 bridgehead atoms. The van der Waals surface area contributed by atoms with Gasteiger partial charge in [0.2, 0.25) is 0 Å². The van der Waals surface area contributed by atoms with E-state index in [9.17, 15) is 5.11 Å². The van der Waals surface area contributed by atoms with Crippen molar-refractivity contribution in [1.82, 2.24) is 5.32 Å². The van der Waals surface area contributed by atoms with Crippen LogP contribution in [0, 0.1) is 0 Å². The first-order valence-electron chi connectivity index (χ1n) is 8.84. The van der Waals surface area contributed by atoms with Gasteiger partial charge in [-0.25, -0.2) is 0 Å². The quantitative estimate of drug-likeness (QED) is 0.498. The van der Waals surface area contributed by atoms with Crippen LogP contribution in [0.3, 0.4) is 0 Å². The van der Waals surface area contributed by atoms with E-state index in [4.69, 9.17) is 19.9 Å². The largest absolute Gasteiger partial charge is 0.491 e. The normalized spacial score (nSPS) is 16.2. The molecule has 0 amide bonds. The van der Waals surface area contributed by atoms with Crippen molar-refractivity contribution in [2.75, 3.05) is 39.5 Å². The van der Waals surface area contributed by atoms with Crippen LogP contribution in [0.5, 0.6) is 11.5 Å². The first-order chi connectivity index (χ1) is 11.8. The minimum Gasteiger partial charge on any atom is -0.491 e. The molecule has 6 nitrogen and oxygen atoms in total. The SMILES string of the molecule is NCCNCC(O)COc1ccc(OCCOC2CCCC2)cc1. The van der Waals surface area contributed by atoms with Crippen LogP contribution in [0.2, 0.25) is 0 Å². The number of aliphatic hydroxyl groups excluding tert-OH is 1. The van der Waals surface area contributed by atoms with Crippen LogP contribution in [0.1, 0.15) is 25.7 Å². The molecule has 1 aromatic rings. The van der Waals surface area contributed by atoms with Crippen LogP contribution in [0.15, 0.2) is 24.3 Å². The Labute approximate surface area is 144 Å². The monoisotopic (exact) mass is 338 g/mol. The number of benzene rings is 1. The summed E-state index contributed by atoms with van der Waals surface area (Å²) in [6.45, 7) is 3.15. The molecule has 1 aliphatic carbocycles. The summed E-state index contributed by atoms with van der Waals surface area (Å²) in [5, 5.41) is 12.8. The number of ether oxygens (including phenoxy) is 3. The zero-order chi connectivity index (χ0) is 17.0. The molecule has 6 heteroatoms. The molecular weight excluding hydrogens is 308 g/mol.